The van der Waals surface area contributed by atoms with Gasteiger partial charge in [-0.15, -0.1) is 0 Å². The SMILES string of the molecule is c1ccc(-c2ccc(C3N=C(c4ccc5ccccc5c4)NC(c4cccc5oc6ccc(-c7ccc8c(c7)oc7ccccc78)cc6c45)N3)cc2)cc1. The standard InChI is InChI=1S/C49H33N3O2/c1-2-9-30(10-3-1)32-17-20-33(21-18-32)47-50-48(37-22-19-31-11-4-5-12-34(31)27-37)52-49(51-47)40-14-8-16-44-46(40)41-28-35(24-26-43(41)53-44)36-23-25-39-38-13-6-7-15-42(38)54-45(39)29-36/h1-29,47,49,51H,(H,50,52). The number of furan rings is 2. The Bertz CT molecular complexity index is 3070. The van der Waals surface area contributed by atoms with E-state index in [1.165, 1.54) is 21.9 Å². The number of rotatable bonds is 5. The molecule has 0 saturated carbocycles. The van der Waals surface area contributed by atoms with Crippen LogP contribution in [0.15, 0.2) is 190 Å². The Morgan fingerprint density at radius 2 is 1.09 bits per heavy atom. The van der Waals surface area contributed by atoms with Crippen LogP contribution in [-0.4, -0.2) is 5.84 Å². The summed E-state index contributed by atoms with van der Waals surface area (Å²) in [6.07, 6.45) is -0.551. The Balaban J connectivity index is 1.02. The molecular weight excluding hydrogens is 663 g/mol. The minimum Gasteiger partial charge on any atom is -0.456 e. The zero-order valence-corrected chi connectivity index (χ0v) is 29.2. The van der Waals surface area contributed by atoms with E-state index >= 15 is 0 Å². The zero-order chi connectivity index (χ0) is 35.6. The summed E-state index contributed by atoms with van der Waals surface area (Å²) < 4.78 is 12.8. The fourth-order valence-corrected chi connectivity index (χ4v) is 8.04. The first-order valence-electron chi connectivity index (χ1n) is 18.3. The number of amidine groups is 1. The zero-order valence-electron chi connectivity index (χ0n) is 29.2. The Morgan fingerprint density at radius 3 is 2.00 bits per heavy atom. The average Bonchev–Trinajstić information content (AvgIpc) is 3.81. The highest BCUT2D eigenvalue weighted by Crippen LogP contribution is 2.39. The largest absolute Gasteiger partial charge is 0.456 e. The maximum atomic E-state index is 6.51. The maximum absolute atomic E-state index is 6.51. The smallest absolute Gasteiger partial charge is 0.136 e. The van der Waals surface area contributed by atoms with E-state index < -0.39 is 0 Å². The quantitative estimate of drug-likeness (QED) is 0.188. The second-order valence-electron chi connectivity index (χ2n) is 14.0. The molecule has 5 heteroatoms. The van der Waals surface area contributed by atoms with Gasteiger partial charge in [-0.3, -0.25) is 5.32 Å². The fraction of sp³-hybridized carbons (Fsp3) is 0.0408. The van der Waals surface area contributed by atoms with Crippen LogP contribution < -0.4 is 10.6 Å². The van der Waals surface area contributed by atoms with Gasteiger partial charge < -0.3 is 14.2 Å². The molecule has 10 aromatic rings. The van der Waals surface area contributed by atoms with Gasteiger partial charge >= 0.3 is 0 Å². The molecule has 0 saturated heterocycles. The Morgan fingerprint density at radius 1 is 0.426 bits per heavy atom. The van der Waals surface area contributed by atoms with E-state index in [9.17, 15) is 0 Å². The molecule has 11 rings (SSSR count). The van der Waals surface area contributed by atoms with Gasteiger partial charge in [0.1, 0.15) is 40.5 Å². The highest BCUT2D eigenvalue weighted by molar-refractivity contribution is 6.10. The minimum absolute atomic E-state index is 0.261. The third-order valence-electron chi connectivity index (χ3n) is 10.8. The third-order valence-corrected chi connectivity index (χ3v) is 10.8. The van der Waals surface area contributed by atoms with Crippen LogP contribution in [0.5, 0.6) is 0 Å². The van der Waals surface area contributed by atoms with Gasteiger partial charge in [-0.1, -0.05) is 133 Å². The summed E-state index contributed by atoms with van der Waals surface area (Å²) in [6, 6.07) is 61.7. The molecule has 2 N–H and O–H groups in total. The summed E-state index contributed by atoms with van der Waals surface area (Å²) in [6.45, 7) is 0. The molecule has 54 heavy (non-hydrogen) atoms. The number of hydrogen-bond donors (Lipinski definition) is 2. The van der Waals surface area contributed by atoms with Crippen molar-refractivity contribution in [1.82, 2.24) is 10.6 Å². The van der Waals surface area contributed by atoms with Crippen molar-refractivity contribution in [3.8, 4) is 22.3 Å². The van der Waals surface area contributed by atoms with Crippen molar-refractivity contribution < 1.29 is 8.83 Å². The highest BCUT2D eigenvalue weighted by atomic mass is 16.3. The average molecular weight is 696 g/mol. The van der Waals surface area contributed by atoms with E-state index in [0.29, 0.717) is 0 Å². The van der Waals surface area contributed by atoms with E-state index in [4.69, 9.17) is 13.8 Å². The molecule has 0 fully saturated rings. The summed E-state index contributed by atoms with van der Waals surface area (Å²) in [5.41, 5.74) is 11.2. The normalized spacial score (nSPS) is 16.0. The predicted molar refractivity (Wildman–Crippen MR) is 221 cm³/mol. The first-order valence-corrected chi connectivity index (χ1v) is 18.3. The van der Waals surface area contributed by atoms with Crippen molar-refractivity contribution in [2.24, 2.45) is 4.99 Å². The number of fused-ring (bicyclic) bond motifs is 7. The van der Waals surface area contributed by atoms with Crippen molar-refractivity contribution in [2.75, 3.05) is 0 Å². The fourth-order valence-electron chi connectivity index (χ4n) is 8.04. The number of hydrogen-bond acceptors (Lipinski definition) is 5. The summed E-state index contributed by atoms with van der Waals surface area (Å²) in [5.74, 6) is 0.839. The highest BCUT2D eigenvalue weighted by Gasteiger charge is 2.28. The topological polar surface area (TPSA) is 62.7 Å². The number of para-hydroxylation sites is 1. The van der Waals surface area contributed by atoms with E-state index in [2.05, 4.69) is 168 Å². The predicted octanol–water partition coefficient (Wildman–Crippen LogP) is 12.3. The van der Waals surface area contributed by atoms with Gasteiger partial charge in [0, 0.05) is 32.7 Å². The van der Waals surface area contributed by atoms with Gasteiger partial charge in [0.2, 0.25) is 0 Å². The van der Waals surface area contributed by atoms with Crippen molar-refractivity contribution >= 4 is 60.5 Å². The molecule has 256 valence electrons. The van der Waals surface area contributed by atoms with Crippen LogP contribution in [0.4, 0.5) is 0 Å². The lowest BCUT2D eigenvalue weighted by molar-refractivity contribution is 0.411. The molecule has 8 aromatic carbocycles. The lowest BCUT2D eigenvalue weighted by Gasteiger charge is -2.32. The Labute approximate surface area is 311 Å². The maximum Gasteiger partial charge on any atom is 0.136 e. The summed E-state index contributed by atoms with van der Waals surface area (Å²) in [7, 11) is 0. The van der Waals surface area contributed by atoms with Crippen LogP contribution in [0, 0.1) is 0 Å². The van der Waals surface area contributed by atoms with Gasteiger partial charge in [0.15, 0.2) is 0 Å². The van der Waals surface area contributed by atoms with Crippen LogP contribution in [-0.2, 0) is 0 Å². The number of nitrogens with one attached hydrogen (secondary N) is 2. The van der Waals surface area contributed by atoms with Gasteiger partial charge in [-0.2, -0.15) is 0 Å². The lowest BCUT2D eigenvalue weighted by atomic mass is 9.98. The molecule has 0 amide bonds. The van der Waals surface area contributed by atoms with Crippen molar-refractivity contribution in [3.63, 3.8) is 0 Å². The number of aliphatic imine (C=N–C) groups is 1. The summed E-state index contributed by atoms with van der Waals surface area (Å²) >= 11 is 0. The van der Waals surface area contributed by atoms with Gasteiger partial charge in [-0.25, -0.2) is 4.99 Å². The summed E-state index contributed by atoms with van der Waals surface area (Å²) in [4.78, 5) is 5.29. The Hall–Kier alpha value is -6.95. The van der Waals surface area contributed by atoms with Crippen LogP contribution in [0.25, 0.3) is 76.9 Å². The van der Waals surface area contributed by atoms with Crippen LogP contribution >= 0.6 is 0 Å². The van der Waals surface area contributed by atoms with Gasteiger partial charge in [0.25, 0.3) is 0 Å². The lowest BCUT2D eigenvalue weighted by Crippen LogP contribution is -2.45. The summed E-state index contributed by atoms with van der Waals surface area (Å²) in [5, 5.41) is 14.4. The van der Waals surface area contributed by atoms with Crippen LogP contribution in [0.3, 0.4) is 0 Å². The molecule has 2 aromatic heterocycles. The van der Waals surface area contributed by atoms with E-state index in [0.717, 1.165) is 77.5 Å². The Kier molecular flexibility index (Phi) is 7.00. The van der Waals surface area contributed by atoms with Gasteiger partial charge in [-0.05, 0) is 81.1 Å². The molecule has 2 unspecified atom stereocenters. The van der Waals surface area contributed by atoms with Crippen molar-refractivity contribution in [3.05, 3.63) is 193 Å². The van der Waals surface area contributed by atoms with E-state index in [-0.39, 0.29) is 12.3 Å². The first kappa shape index (κ1) is 30.7. The molecule has 1 aliphatic heterocycles. The van der Waals surface area contributed by atoms with E-state index in [1.54, 1.807) is 0 Å². The van der Waals surface area contributed by atoms with Crippen molar-refractivity contribution in [1.29, 1.82) is 0 Å². The number of nitrogens with zero attached hydrogens (tertiary/aromatic N) is 1. The number of benzene rings is 8. The minimum atomic E-state index is -0.290. The molecule has 3 heterocycles. The third kappa shape index (κ3) is 5.17. The molecule has 2 atom stereocenters. The van der Waals surface area contributed by atoms with Crippen LogP contribution in [0.1, 0.15) is 29.0 Å². The monoisotopic (exact) mass is 695 g/mol. The van der Waals surface area contributed by atoms with E-state index in [1.807, 2.05) is 18.2 Å². The van der Waals surface area contributed by atoms with Crippen molar-refractivity contribution in [2.45, 2.75) is 12.3 Å². The molecule has 5 nitrogen and oxygen atoms in total. The molecule has 0 spiro atoms. The second-order valence-corrected chi connectivity index (χ2v) is 14.0. The molecule has 1 aliphatic rings. The van der Waals surface area contributed by atoms with Crippen LogP contribution in [0.2, 0.25) is 0 Å². The molecular formula is C49H33N3O2. The molecule has 0 radical (unpaired) electrons. The molecule has 0 bridgehead atoms. The second kappa shape index (κ2) is 12.3. The molecule has 0 aliphatic carbocycles. The van der Waals surface area contributed by atoms with Gasteiger partial charge in [0.05, 0.1) is 0 Å². The first-order chi connectivity index (χ1) is 26.7.